The summed E-state index contributed by atoms with van der Waals surface area (Å²) in [6.07, 6.45) is 0. The third kappa shape index (κ3) is 2.93. The summed E-state index contributed by atoms with van der Waals surface area (Å²) in [5.74, 6) is -1.71. The van der Waals surface area contributed by atoms with E-state index in [0.717, 1.165) is 40.2 Å². The zero-order valence-electron chi connectivity index (χ0n) is 11.0. The second kappa shape index (κ2) is 5.98. The number of anilines is 1. The Hall–Kier alpha value is -2.06. The van der Waals surface area contributed by atoms with E-state index in [1.807, 2.05) is 11.4 Å². The highest BCUT2D eigenvalue weighted by atomic mass is 32.2. The third-order valence-electron chi connectivity index (χ3n) is 2.90. The fraction of sp³-hybridized carbons (Fsp3) is 0.0714. The Morgan fingerprint density at radius 1 is 1.27 bits per heavy atom. The number of nitrogens with zero attached hydrogens (tertiary/aromatic N) is 2. The number of hydrogen-bond donors (Lipinski definition) is 1. The van der Waals surface area contributed by atoms with Crippen LogP contribution in [-0.2, 0) is 0 Å². The smallest absolute Gasteiger partial charge is 0.191 e. The lowest BCUT2D eigenvalue weighted by Gasteiger charge is -2.03. The van der Waals surface area contributed by atoms with Crippen molar-refractivity contribution in [1.82, 2.24) is 9.97 Å². The topological polar surface area (TPSA) is 68.9 Å². The highest BCUT2D eigenvalue weighted by Gasteiger charge is 2.15. The van der Waals surface area contributed by atoms with E-state index in [0.29, 0.717) is 11.0 Å². The number of thioether (sulfide) groups is 1. The van der Waals surface area contributed by atoms with Crippen molar-refractivity contribution >= 4 is 44.9 Å². The first-order chi connectivity index (χ1) is 10.5. The van der Waals surface area contributed by atoms with Crippen molar-refractivity contribution in [3.63, 3.8) is 0 Å². The van der Waals surface area contributed by atoms with Crippen molar-refractivity contribution in [1.29, 1.82) is 0 Å². The van der Waals surface area contributed by atoms with Gasteiger partial charge < -0.3 is 5.73 Å². The van der Waals surface area contributed by atoms with Gasteiger partial charge in [0.05, 0.1) is 16.7 Å². The molecular weight excluding hydrogens is 328 g/mol. The van der Waals surface area contributed by atoms with E-state index >= 15 is 0 Å². The molecule has 3 rings (SSSR count). The molecule has 0 atom stereocenters. The van der Waals surface area contributed by atoms with Crippen LogP contribution >= 0.6 is 23.1 Å². The standard InChI is InChI=1S/C14H9F2N3OS2/c15-7-1-2-10(16)9(5-7)11(20)6-22-14-18-12(17)8-3-4-21-13(8)19-14/h1-5H,6H2,(H2,17,18,19). The van der Waals surface area contributed by atoms with Crippen LogP contribution in [0.15, 0.2) is 34.8 Å². The predicted octanol–water partition coefficient (Wildman–Crippen LogP) is 3.53. The summed E-state index contributed by atoms with van der Waals surface area (Å²) in [7, 11) is 0. The molecule has 0 aliphatic rings. The van der Waals surface area contributed by atoms with Gasteiger partial charge in [0.25, 0.3) is 0 Å². The molecule has 2 aromatic heterocycles. The minimum absolute atomic E-state index is 0.101. The van der Waals surface area contributed by atoms with Crippen LogP contribution in [0.1, 0.15) is 10.4 Å². The second-order valence-electron chi connectivity index (χ2n) is 4.37. The molecule has 22 heavy (non-hydrogen) atoms. The monoisotopic (exact) mass is 337 g/mol. The van der Waals surface area contributed by atoms with Gasteiger partial charge in [0.15, 0.2) is 10.9 Å². The molecule has 3 aromatic rings. The fourth-order valence-corrected chi connectivity index (χ4v) is 3.41. The van der Waals surface area contributed by atoms with Gasteiger partial charge in [-0.1, -0.05) is 11.8 Å². The minimum Gasteiger partial charge on any atom is -0.383 e. The van der Waals surface area contributed by atoms with Crippen molar-refractivity contribution in [3.8, 4) is 0 Å². The zero-order valence-corrected chi connectivity index (χ0v) is 12.7. The first-order valence-electron chi connectivity index (χ1n) is 6.16. The van der Waals surface area contributed by atoms with Gasteiger partial charge in [-0.25, -0.2) is 18.7 Å². The van der Waals surface area contributed by atoms with Gasteiger partial charge in [-0.15, -0.1) is 11.3 Å². The van der Waals surface area contributed by atoms with Crippen molar-refractivity contribution in [2.24, 2.45) is 0 Å². The molecule has 0 unspecified atom stereocenters. The molecule has 0 spiro atoms. The Labute approximate surface area is 132 Å². The highest BCUT2D eigenvalue weighted by Crippen LogP contribution is 2.26. The van der Waals surface area contributed by atoms with Crippen LogP contribution in [0.3, 0.4) is 0 Å². The highest BCUT2D eigenvalue weighted by molar-refractivity contribution is 7.99. The van der Waals surface area contributed by atoms with Crippen molar-refractivity contribution in [2.45, 2.75) is 5.16 Å². The lowest BCUT2D eigenvalue weighted by Crippen LogP contribution is -2.07. The molecule has 4 nitrogen and oxygen atoms in total. The molecule has 0 radical (unpaired) electrons. The molecule has 0 saturated carbocycles. The van der Waals surface area contributed by atoms with Gasteiger partial charge >= 0.3 is 0 Å². The number of fused-ring (bicyclic) bond motifs is 1. The number of aromatic nitrogens is 2. The van der Waals surface area contributed by atoms with Gasteiger partial charge in [-0.05, 0) is 29.6 Å². The summed E-state index contributed by atoms with van der Waals surface area (Å²) in [5.41, 5.74) is 5.53. The number of Topliss-reactive ketones (excluding diaryl/α,β-unsaturated/α-hetero) is 1. The quantitative estimate of drug-likeness (QED) is 0.448. The zero-order chi connectivity index (χ0) is 15.7. The Bertz CT molecular complexity index is 866. The second-order valence-corrected chi connectivity index (χ2v) is 6.20. The number of nitrogen functional groups attached to an aromatic ring is 1. The summed E-state index contributed by atoms with van der Waals surface area (Å²) in [6, 6.07) is 4.60. The van der Waals surface area contributed by atoms with Gasteiger partial charge in [0, 0.05) is 0 Å². The third-order valence-corrected chi connectivity index (χ3v) is 4.55. The number of nitrogens with two attached hydrogens (primary N) is 1. The Balaban J connectivity index is 1.78. The van der Waals surface area contributed by atoms with Gasteiger partial charge in [-0.2, -0.15) is 0 Å². The normalized spacial score (nSPS) is 11.0. The van der Waals surface area contributed by atoms with E-state index in [2.05, 4.69) is 9.97 Å². The van der Waals surface area contributed by atoms with Crippen LogP contribution in [0.4, 0.5) is 14.6 Å². The van der Waals surface area contributed by atoms with E-state index in [1.165, 1.54) is 11.3 Å². The van der Waals surface area contributed by atoms with Crippen molar-refractivity contribution in [3.05, 3.63) is 46.8 Å². The predicted molar refractivity (Wildman–Crippen MR) is 83.2 cm³/mol. The number of carbonyl (C=O) groups is 1. The molecule has 2 N–H and O–H groups in total. The minimum atomic E-state index is -0.749. The molecule has 0 bridgehead atoms. The average Bonchev–Trinajstić information content (AvgIpc) is 2.96. The fourth-order valence-electron chi connectivity index (χ4n) is 1.84. The maximum Gasteiger partial charge on any atom is 0.191 e. The Morgan fingerprint density at radius 3 is 2.91 bits per heavy atom. The van der Waals surface area contributed by atoms with Crippen LogP contribution in [0.2, 0.25) is 0 Å². The number of benzene rings is 1. The van der Waals surface area contributed by atoms with E-state index in [-0.39, 0.29) is 11.3 Å². The Kier molecular flexibility index (Phi) is 4.04. The van der Waals surface area contributed by atoms with Gasteiger partial charge in [0.2, 0.25) is 0 Å². The number of rotatable bonds is 4. The molecule has 0 fully saturated rings. The largest absolute Gasteiger partial charge is 0.383 e. The first-order valence-corrected chi connectivity index (χ1v) is 8.03. The summed E-state index contributed by atoms with van der Waals surface area (Å²) in [5, 5.41) is 2.94. The lowest BCUT2D eigenvalue weighted by molar-refractivity contribution is 0.101. The van der Waals surface area contributed by atoms with Crippen LogP contribution in [0, 0.1) is 11.6 Å². The molecule has 0 saturated heterocycles. The maximum atomic E-state index is 13.5. The van der Waals surface area contributed by atoms with Gasteiger partial charge in [0.1, 0.15) is 22.3 Å². The number of thiophene rings is 1. The number of hydrogen-bond acceptors (Lipinski definition) is 6. The molecule has 0 amide bonds. The van der Waals surface area contributed by atoms with E-state index in [4.69, 9.17) is 5.73 Å². The first kappa shape index (κ1) is 14.9. The average molecular weight is 337 g/mol. The number of halogens is 2. The van der Waals surface area contributed by atoms with Crippen LogP contribution in [0.25, 0.3) is 10.2 Å². The molecule has 112 valence electrons. The SMILES string of the molecule is Nc1nc(SCC(=O)c2cc(F)ccc2F)nc2sccc12. The maximum absolute atomic E-state index is 13.5. The summed E-state index contributed by atoms with van der Waals surface area (Å²) in [4.78, 5) is 21.1. The van der Waals surface area contributed by atoms with E-state index in [1.54, 1.807) is 0 Å². The molecule has 0 aliphatic carbocycles. The molecule has 1 aromatic carbocycles. The van der Waals surface area contributed by atoms with Crippen molar-refractivity contribution in [2.75, 3.05) is 11.5 Å². The van der Waals surface area contributed by atoms with Gasteiger partial charge in [-0.3, -0.25) is 4.79 Å². The van der Waals surface area contributed by atoms with E-state index in [9.17, 15) is 13.6 Å². The van der Waals surface area contributed by atoms with E-state index < -0.39 is 17.4 Å². The lowest BCUT2D eigenvalue weighted by atomic mass is 10.1. The summed E-state index contributed by atoms with van der Waals surface area (Å²) in [6.45, 7) is 0. The number of carbonyl (C=O) groups excluding carboxylic acids is 1. The molecule has 2 heterocycles. The van der Waals surface area contributed by atoms with Crippen molar-refractivity contribution < 1.29 is 13.6 Å². The molecule has 0 aliphatic heterocycles. The Morgan fingerprint density at radius 2 is 2.09 bits per heavy atom. The molecule has 8 heteroatoms. The summed E-state index contributed by atoms with van der Waals surface area (Å²) >= 11 is 2.45. The summed E-state index contributed by atoms with van der Waals surface area (Å²) < 4.78 is 26.6. The van der Waals surface area contributed by atoms with Crippen LogP contribution in [0.5, 0.6) is 0 Å². The number of ketones is 1. The van der Waals surface area contributed by atoms with Crippen LogP contribution < -0.4 is 5.73 Å². The molecular formula is C14H9F2N3OS2. The van der Waals surface area contributed by atoms with Crippen LogP contribution in [-0.4, -0.2) is 21.5 Å².